The van der Waals surface area contributed by atoms with Gasteiger partial charge in [-0.1, -0.05) is 53.5 Å². The van der Waals surface area contributed by atoms with Gasteiger partial charge in [0.2, 0.25) is 0 Å². The molecule has 4 rings (SSSR count). The first-order chi connectivity index (χ1) is 15.9. The molecule has 0 N–H and O–H groups in total. The molecule has 0 aromatic heterocycles. The summed E-state index contributed by atoms with van der Waals surface area (Å²) in [5.41, 5.74) is 4.05. The fourth-order valence-corrected chi connectivity index (χ4v) is 4.63. The minimum absolute atomic E-state index is 0.178. The van der Waals surface area contributed by atoms with E-state index in [1.165, 1.54) is 11.8 Å². The first-order valence-corrected chi connectivity index (χ1v) is 12.0. The standard InChI is InChI=1S/C26H22Cl2N2O2S/c1-4-32-23-8-6-5-7-18(23)13-24-25(31)30(20-12-10-17(3)22(28)15-20)26(33-24)29-19-11-9-16(2)21(27)14-19/h5-15H,4H2,1-3H3/b24-13-,29-26?. The summed E-state index contributed by atoms with van der Waals surface area (Å²) in [6, 6.07) is 18.8. The van der Waals surface area contributed by atoms with Crippen molar-refractivity contribution in [2.75, 3.05) is 11.5 Å². The number of amidine groups is 1. The van der Waals surface area contributed by atoms with E-state index in [1.807, 2.05) is 75.4 Å². The maximum absolute atomic E-state index is 13.5. The highest BCUT2D eigenvalue weighted by Gasteiger charge is 2.35. The summed E-state index contributed by atoms with van der Waals surface area (Å²) in [6.45, 7) is 6.33. The number of hydrogen-bond acceptors (Lipinski definition) is 4. The molecule has 3 aromatic rings. The third kappa shape index (κ3) is 5.11. The van der Waals surface area contributed by atoms with Crippen LogP contribution in [0.2, 0.25) is 10.0 Å². The monoisotopic (exact) mass is 496 g/mol. The molecule has 0 atom stereocenters. The van der Waals surface area contributed by atoms with E-state index in [1.54, 1.807) is 17.0 Å². The fraction of sp³-hybridized carbons (Fsp3) is 0.154. The topological polar surface area (TPSA) is 41.9 Å². The van der Waals surface area contributed by atoms with Crippen LogP contribution in [0.4, 0.5) is 11.4 Å². The van der Waals surface area contributed by atoms with Crippen molar-refractivity contribution in [1.82, 2.24) is 0 Å². The van der Waals surface area contributed by atoms with Crippen LogP contribution in [0.3, 0.4) is 0 Å². The van der Waals surface area contributed by atoms with Crippen LogP contribution in [0.15, 0.2) is 70.6 Å². The number of rotatable bonds is 5. The summed E-state index contributed by atoms with van der Waals surface area (Å²) in [6.07, 6.45) is 1.84. The van der Waals surface area contributed by atoms with E-state index in [0.717, 1.165) is 22.4 Å². The zero-order valence-corrected chi connectivity index (χ0v) is 20.8. The molecule has 7 heteroatoms. The minimum Gasteiger partial charge on any atom is -0.493 e. The van der Waals surface area contributed by atoms with Crippen molar-refractivity contribution in [3.8, 4) is 5.75 Å². The Morgan fingerprint density at radius 1 is 1.00 bits per heavy atom. The quantitative estimate of drug-likeness (QED) is 0.338. The van der Waals surface area contributed by atoms with E-state index in [2.05, 4.69) is 0 Å². The van der Waals surface area contributed by atoms with E-state index < -0.39 is 0 Å². The Hall–Kier alpha value is -2.73. The van der Waals surface area contributed by atoms with Gasteiger partial charge in [-0.05, 0) is 80.1 Å². The van der Waals surface area contributed by atoms with Crippen molar-refractivity contribution in [1.29, 1.82) is 0 Å². The molecule has 0 aliphatic carbocycles. The number of carbonyl (C=O) groups excluding carboxylic acids is 1. The van der Waals surface area contributed by atoms with E-state index in [9.17, 15) is 4.79 Å². The molecule has 0 bridgehead atoms. The van der Waals surface area contributed by atoms with Gasteiger partial charge < -0.3 is 4.74 Å². The van der Waals surface area contributed by atoms with E-state index in [4.69, 9.17) is 32.9 Å². The predicted octanol–water partition coefficient (Wildman–Crippen LogP) is 7.82. The smallest absolute Gasteiger partial charge is 0.271 e. The molecule has 1 aliphatic heterocycles. The van der Waals surface area contributed by atoms with Gasteiger partial charge in [0.15, 0.2) is 5.17 Å². The summed E-state index contributed by atoms with van der Waals surface area (Å²) >= 11 is 14.0. The summed E-state index contributed by atoms with van der Waals surface area (Å²) in [5.74, 6) is 0.546. The Kier molecular flexibility index (Phi) is 7.13. The van der Waals surface area contributed by atoms with Gasteiger partial charge in [0.1, 0.15) is 5.75 Å². The molecule has 1 aliphatic rings. The summed E-state index contributed by atoms with van der Waals surface area (Å²) in [5, 5.41) is 1.74. The summed E-state index contributed by atoms with van der Waals surface area (Å²) in [7, 11) is 0. The number of nitrogens with zero attached hydrogens (tertiary/aromatic N) is 2. The first-order valence-electron chi connectivity index (χ1n) is 10.4. The molecule has 1 fully saturated rings. The maximum atomic E-state index is 13.5. The predicted molar refractivity (Wildman–Crippen MR) is 140 cm³/mol. The van der Waals surface area contributed by atoms with E-state index in [-0.39, 0.29) is 5.91 Å². The minimum atomic E-state index is -0.178. The van der Waals surface area contributed by atoms with Crippen molar-refractivity contribution >= 4 is 63.5 Å². The third-order valence-electron chi connectivity index (χ3n) is 5.11. The molecule has 3 aromatic carbocycles. The van der Waals surface area contributed by atoms with Gasteiger partial charge in [-0.15, -0.1) is 0 Å². The first kappa shape index (κ1) is 23.4. The normalized spacial score (nSPS) is 16.2. The van der Waals surface area contributed by atoms with Gasteiger partial charge in [0.05, 0.1) is 22.9 Å². The number of benzene rings is 3. The van der Waals surface area contributed by atoms with E-state index >= 15 is 0 Å². The Morgan fingerprint density at radius 2 is 1.70 bits per heavy atom. The lowest BCUT2D eigenvalue weighted by molar-refractivity contribution is -0.113. The molecule has 0 spiro atoms. The number of amides is 1. The molecule has 1 heterocycles. The number of halogens is 2. The van der Waals surface area contributed by atoms with Gasteiger partial charge in [-0.2, -0.15) is 0 Å². The fourth-order valence-electron chi connectivity index (χ4n) is 3.29. The number of hydrogen-bond donors (Lipinski definition) is 0. The van der Waals surface area contributed by atoms with Crippen molar-refractivity contribution in [2.24, 2.45) is 4.99 Å². The highest BCUT2D eigenvalue weighted by Crippen LogP contribution is 2.39. The largest absolute Gasteiger partial charge is 0.493 e. The zero-order chi connectivity index (χ0) is 23.5. The molecule has 4 nitrogen and oxygen atoms in total. The molecular formula is C26H22Cl2N2O2S. The number of aliphatic imine (C=N–C) groups is 1. The van der Waals surface area contributed by atoms with Gasteiger partial charge in [0, 0.05) is 15.6 Å². The van der Waals surface area contributed by atoms with Crippen molar-refractivity contribution in [3.05, 3.63) is 92.3 Å². The lowest BCUT2D eigenvalue weighted by Gasteiger charge is -2.16. The Morgan fingerprint density at radius 3 is 2.39 bits per heavy atom. The Bertz CT molecular complexity index is 1290. The maximum Gasteiger partial charge on any atom is 0.271 e. The molecular weight excluding hydrogens is 475 g/mol. The molecule has 168 valence electrons. The highest BCUT2D eigenvalue weighted by atomic mass is 35.5. The summed E-state index contributed by atoms with van der Waals surface area (Å²) in [4.78, 5) is 20.4. The zero-order valence-electron chi connectivity index (χ0n) is 18.4. The SMILES string of the molecule is CCOc1ccccc1/C=C1\SC(=Nc2ccc(C)c(Cl)c2)N(c2ccc(C)c(Cl)c2)C1=O. The average molecular weight is 497 g/mol. The number of carbonyl (C=O) groups is 1. The van der Waals surface area contributed by atoms with Gasteiger partial charge in [-0.25, -0.2) is 4.99 Å². The van der Waals surface area contributed by atoms with Gasteiger partial charge in [-0.3, -0.25) is 9.69 Å². The molecule has 1 amide bonds. The number of thioether (sulfide) groups is 1. The van der Waals surface area contributed by atoms with Crippen molar-refractivity contribution < 1.29 is 9.53 Å². The van der Waals surface area contributed by atoms with Crippen molar-refractivity contribution in [3.63, 3.8) is 0 Å². The van der Waals surface area contributed by atoms with Crippen LogP contribution < -0.4 is 9.64 Å². The second-order valence-corrected chi connectivity index (χ2v) is 9.31. The van der Waals surface area contributed by atoms with Gasteiger partial charge >= 0.3 is 0 Å². The van der Waals surface area contributed by atoms with Crippen LogP contribution in [-0.2, 0) is 4.79 Å². The lowest BCUT2D eigenvalue weighted by Crippen LogP contribution is -2.28. The van der Waals surface area contributed by atoms with E-state index in [0.29, 0.717) is 38.1 Å². The van der Waals surface area contributed by atoms with Crippen LogP contribution in [0, 0.1) is 13.8 Å². The summed E-state index contributed by atoms with van der Waals surface area (Å²) < 4.78 is 5.73. The molecule has 33 heavy (non-hydrogen) atoms. The van der Waals surface area contributed by atoms with Crippen LogP contribution >= 0.6 is 35.0 Å². The number of ether oxygens (including phenoxy) is 1. The molecule has 0 radical (unpaired) electrons. The van der Waals surface area contributed by atoms with Crippen LogP contribution in [0.5, 0.6) is 5.75 Å². The van der Waals surface area contributed by atoms with Crippen LogP contribution in [0.1, 0.15) is 23.6 Å². The molecule has 0 saturated carbocycles. The van der Waals surface area contributed by atoms with Crippen LogP contribution in [-0.4, -0.2) is 17.7 Å². The highest BCUT2D eigenvalue weighted by molar-refractivity contribution is 8.19. The third-order valence-corrected chi connectivity index (χ3v) is 6.89. The Balaban J connectivity index is 1.81. The Labute approximate surface area is 207 Å². The van der Waals surface area contributed by atoms with Crippen molar-refractivity contribution in [2.45, 2.75) is 20.8 Å². The van der Waals surface area contributed by atoms with Crippen LogP contribution in [0.25, 0.3) is 6.08 Å². The second kappa shape index (κ2) is 10.0. The second-order valence-electron chi connectivity index (χ2n) is 7.48. The average Bonchev–Trinajstić information content (AvgIpc) is 3.09. The molecule has 1 saturated heterocycles. The number of aryl methyl sites for hydroxylation is 2. The number of para-hydroxylation sites is 1. The number of anilines is 1. The molecule has 0 unspecified atom stereocenters. The lowest BCUT2D eigenvalue weighted by atomic mass is 10.1. The van der Waals surface area contributed by atoms with Gasteiger partial charge in [0.25, 0.3) is 5.91 Å².